The first-order valence-corrected chi connectivity index (χ1v) is 12.3. The van der Waals surface area contributed by atoms with Crippen LogP contribution in [0.4, 0.5) is 17.2 Å². The van der Waals surface area contributed by atoms with Gasteiger partial charge >= 0.3 is 0 Å². The Hall–Kier alpha value is -3.96. The minimum Gasteiger partial charge on any atom is -0.494 e. The van der Waals surface area contributed by atoms with Gasteiger partial charge in [0.25, 0.3) is 5.91 Å². The molecule has 3 aliphatic rings. The van der Waals surface area contributed by atoms with Crippen LogP contribution in [-0.4, -0.2) is 52.7 Å². The van der Waals surface area contributed by atoms with E-state index >= 15 is 0 Å². The standard InChI is InChI=1S/C26H28N6O5/c1-35-23-17(16-12-29-32(14-16)21-7-8-26(21)36-9-10-37-26)3-2-4-19(23)30-20-11-22(28-13-18(20)24(27)33)31-25(34)15-5-6-15/h2-4,11-15,21H,5-10H2,1H3,(H2,27,33)(H2,28,30,31,34). The number of nitrogens with zero attached hydrogens (tertiary/aromatic N) is 3. The van der Waals surface area contributed by atoms with Gasteiger partial charge in [0.15, 0.2) is 5.79 Å². The van der Waals surface area contributed by atoms with Crippen molar-refractivity contribution in [1.29, 1.82) is 0 Å². The summed E-state index contributed by atoms with van der Waals surface area (Å²) in [5.41, 5.74) is 8.49. The third-order valence-electron chi connectivity index (χ3n) is 7.14. The number of nitrogens with two attached hydrogens (primary N) is 1. The number of pyridine rings is 1. The van der Waals surface area contributed by atoms with Crippen LogP contribution < -0.4 is 21.1 Å². The van der Waals surface area contributed by atoms with E-state index in [0.29, 0.717) is 36.2 Å². The first-order valence-electron chi connectivity index (χ1n) is 12.3. The molecule has 1 saturated heterocycles. The van der Waals surface area contributed by atoms with Crippen LogP contribution in [0.25, 0.3) is 11.1 Å². The Kier molecular flexibility index (Phi) is 5.81. The Labute approximate surface area is 213 Å². The minimum absolute atomic E-state index is 0.0216. The van der Waals surface area contributed by atoms with Gasteiger partial charge in [0.1, 0.15) is 17.6 Å². The number of hydrogen-bond donors (Lipinski definition) is 3. The van der Waals surface area contributed by atoms with Crippen molar-refractivity contribution >= 4 is 29.0 Å². The van der Waals surface area contributed by atoms with Crippen molar-refractivity contribution in [2.24, 2.45) is 11.7 Å². The number of ether oxygens (including phenoxy) is 3. The second-order valence-electron chi connectivity index (χ2n) is 9.53. The predicted molar refractivity (Wildman–Crippen MR) is 135 cm³/mol. The van der Waals surface area contributed by atoms with E-state index in [2.05, 4.69) is 20.7 Å². The largest absolute Gasteiger partial charge is 0.494 e. The van der Waals surface area contributed by atoms with E-state index in [1.807, 2.05) is 29.1 Å². The lowest BCUT2D eigenvalue weighted by atomic mass is 9.85. The number of carbonyl (C=O) groups excluding carboxylic acids is 2. The van der Waals surface area contributed by atoms with Crippen molar-refractivity contribution in [3.05, 3.63) is 48.4 Å². The first kappa shape index (κ1) is 23.4. The highest BCUT2D eigenvalue weighted by molar-refractivity contribution is 6.01. The fourth-order valence-electron chi connectivity index (χ4n) is 4.92. The van der Waals surface area contributed by atoms with Gasteiger partial charge in [-0.15, -0.1) is 0 Å². The fourth-order valence-corrected chi connectivity index (χ4v) is 4.92. The molecule has 1 unspecified atom stereocenters. The summed E-state index contributed by atoms with van der Waals surface area (Å²) in [6.07, 6.45) is 8.64. The summed E-state index contributed by atoms with van der Waals surface area (Å²) in [6.45, 7) is 1.20. The molecule has 11 nitrogen and oxygen atoms in total. The molecule has 1 spiro atoms. The Bertz CT molecular complexity index is 1360. The van der Waals surface area contributed by atoms with Gasteiger partial charge < -0.3 is 30.6 Å². The van der Waals surface area contributed by atoms with Crippen molar-refractivity contribution < 1.29 is 23.8 Å². The third kappa shape index (κ3) is 4.30. The number of primary amides is 1. The number of anilines is 3. The Morgan fingerprint density at radius 2 is 1.97 bits per heavy atom. The number of hydrogen-bond acceptors (Lipinski definition) is 8. The number of carbonyl (C=O) groups is 2. The van der Waals surface area contributed by atoms with Gasteiger partial charge in [-0.2, -0.15) is 5.10 Å². The van der Waals surface area contributed by atoms with Crippen LogP contribution in [0.15, 0.2) is 42.9 Å². The van der Waals surface area contributed by atoms with Gasteiger partial charge in [0.2, 0.25) is 5.91 Å². The average Bonchev–Trinajstić information content (AvgIpc) is 3.40. The monoisotopic (exact) mass is 504 g/mol. The second kappa shape index (κ2) is 9.16. The van der Waals surface area contributed by atoms with Crippen LogP contribution in [-0.2, 0) is 14.3 Å². The first-order chi connectivity index (χ1) is 18.0. The summed E-state index contributed by atoms with van der Waals surface area (Å²) >= 11 is 0. The van der Waals surface area contributed by atoms with Gasteiger partial charge in [-0.1, -0.05) is 12.1 Å². The molecule has 11 heteroatoms. The van der Waals surface area contributed by atoms with E-state index in [1.165, 1.54) is 6.20 Å². The zero-order valence-corrected chi connectivity index (χ0v) is 20.4. The van der Waals surface area contributed by atoms with Crippen LogP contribution in [0, 0.1) is 5.92 Å². The summed E-state index contributed by atoms with van der Waals surface area (Å²) in [7, 11) is 1.58. The van der Waals surface area contributed by atoms with Crippen LogP contribution >= 0.6 is 0 Å². The van der Waals surface area contributed by atoms with Gasteiger partial charge in [-0.3, -0.25) is 14.3 Å². The minimum atomic E-state index is -0.641. The number of aromatic nitrogens is 3. The maximum atomic E-state index is 12.2. The van der Waals surface area contributed by atoms with E-state index in [1.54, 1.807) is 19.4 Å². The number of methoxy groups -OCH3 is 1. The SMILES string of the molecule is COc1c(Nc2cc(NC(=O)C3CC3)ncc2C(N)=O)cccc1-c1cnn(C2CCC23OCCO3)c1. The zero-order valence-electron chi connectivity index (χ0n) is 20.4. The number of para-hydroxylation sites is 1. The van der Waals surface area contributed by atoms with E-state index in [0.717, 1.165) is 36.8 Å². The summed E-state index contributed by atoms with van der Waals surface area (Å²) in [5, 5.41) is 10.6. The Morgan fingerprint density at radius 1 is 1.16 bits per heavy atom. The lowest BCUT2D eigenvalue weighted by molar-refractivity contribution is -0.242. The maximum Gasteiger partial charge on any atom is 0.252 e. The van der Waals surface area contributed by atoms with Gasteiger partial charge in [0, 0.05) is 41.9 Å². The predicted octanol–water partition coefficient (Wildman–Crippen LogP) is 3.22. The van der Waals surface area contributed by atoms with Crippen LogP contribution in [0.3, 0.4) is 0 Å². The molecular formula is C26H28N6O5. The molecule has 1 atom stereocenters. The fraction of sp³-hybridized carbons (Fsp3) is 0.385. The quantitative estimate of drug-likeness (QED) is 0.424. The molecule has 1 aliphatic heterocycles. The number of amides is 2. The molecule has 2 aliphatic carbocycles. The molecule has 2 aromatic heterocycles. The highest BCUT2D eigenvalue weighted by Crippen LogP contribution is 2.48. The molecular weight excluding hydrogens is 476 g/mol. The number of benzene rings is 1. The molecule has 6 rings (SSSR count). The van der Waals surface area contributed by atoms with E-state index in [4.69, 9.17) is 19.9 Å². The molecule has 0 radical (unpaired) electrons. The third-order valence-corrected chi connectivity index (χ3v) is 7.14. The molecule has 3 aromatic rings. The highest BCUT2D eigenvalue weighted by Gasteiger charge is 2.53. The molecule has 192 valence electrons. The summed E-state index contributed by atoms with van der Waals surface area (Å²) in [5.74, 6) is -0.370. The normalized spacial score (nSPS) is 19.9. The molecule has 4 N–H and O–H groups in total. The van der Waals surface area contributed by atoms with Crippen LogP contribution in [0.2, 0.25) is 0 Å². The summed E-state index contributed by atoms with van der Waals surface area (Å²) in [6, 6.07) is 7.28. The number of rotatable bonds is 8. The molecule has 2 saturated carbocycles. The topological polar surface area (TPSA) is 143 Å². The average molecular weight is 505 g/mol. The summed E-state index contributed by atoms with van der Waals surface area (Å²) in [4.78, 5) is 28.5. The van der Waals surface area contributed by atoms with Gasteiger partial charge in [-0.25, -0.2) is 4.98 Å². The molecule has 1 aromatic carbocycles. The van der Waals surface area contributed by atoms with Crippen molar-refractivity contribution in [3.63, 3.8) is 0 Å². The lowest BCUT2D eigenvalue weighted by Crippen LogP contribution is -2.49. The zero-order chi connectivity index (χ0) is 25.6. The Balaban J connectivity index is 1.29. The lowest BCUT2D eigenvalue weighted by Gasteiger charge is -2.44. The van der Waals surface area contributed by atoms with E-state index in [9.17, 15) is 9.59 Å². The van der Waals surface area contributed by atoms with Crippen molar-refractivity contribution in [3.8, 4) is 16.9 Å². The molecule has 3 fully saturated rings. The molecule has 2 amide bonds. The number of nitrogens with one attached hydrogen (secondary N) is 2. The van der Waals surface area contributed by atoms with Crippen LogP contribution in [0.1, 0.15) is 42.1 Å². The van der Waals surface area contributed by atoms with Gasteiger partial charge in [-0.05, 0) is 25.3 Å². The van der Waals surface area contributed by atoms with Gasteiger partial charge in [0.05, 0.1) is 43.5 Å². The maximum absolute atomic E-state index is 12.2. The van der Waals surface area contributed by atoms with Crippen LogP contribution in [0.5, 0.6) is 5.75 Å². The summed E-state index contributed by atoms with van der Waals surface area (Å²) < 4.78 is 19.5. The Morgan fingerprint density at radius 3 is 2.65 bits per heavy atom. The van der Waals surface area contributed by atoms with Crippen molar-refractivity contribution in [2.45, 2.75) is 37.5 Å². The molecule has 3 heterocycles. The van der Waals surface area contributed by atoms with E-state index < -0.39 is 11.7 Å². The highest BCUT2D eigenvalue weighted by atomic mass is 16.7. The van der Waals surface area contributed by atoms with E-state index in [-0.39, 0.29) is 23.4 Å². The smallest absolute Gasteiger partial charge is 0.252 e. The van der Waals surface area contributed by atoms with Crippen molar-refractivity contribution in [1.82, 2.24) is 14.8 Å². The second-order valence-corrected chi connectivity index (χ2v) is 9.53. The molecule has 0 bridgehead atoms. The molecule has 37 heavy (non-hydrogen) atoms. The van der Waals surface area contributed by atoms with Crippen molar-refractivity contribution in [2.75, 3.05) is 31.0 Å².